The predicted molar refractivity (Wildman–Crippen MR) is 75.5 cm³/mol. The van der Waals surface area contributed by atoms with Gasteiger partial charge in [0.05, 0.1) is 11.3 Å². The van der Waals surface area contributed by atoms with Gasteiger partial charge >= 0.3 is 5.97 Å². The summed E-state index contributed by atoms with van der Waals surface area (Å²) in [5.41, 5.74) is 0.382. The van der Waals surface area contributed by atoms with E-state index in [0.29, 0.717) is 4.47 Å². The van der Waals surface area contributed by atoms with Gasteiger partial charge in [0.25, 0.3) is 5.91 Å². The molecule has 102 valence electrons. The van der Waals surface area contributed by atoms with Crippen LogP contribution in [0, 0.1) is 5.82 Å². The van der Waals surface area contributed by atoms with Crippen LogP contribution >= 0.6 is 15.9 Å². The molecule has 0 saturated carbocycles. The molecule has 6 heteroatoms. The van der Waals surface area contributed by atoms with E-state index in [4.69, 9.17) is 5.11 Å². The number of anilines is 1. The van der Waals surface area contributed by atoms with E-state index in [1.165, 1.54) is 24.3 Å². The zero-order valence-corrected chi connectivity index (χ0v) is 11.6. The van der Waals surface area contributed by atoms with Crippen LogP contribution in [0.3, 0.4) is 0 Å². The molecule has 4 nitrogen and oxygen atoms in total. The number of carboxylic acid groups (broad SMARTS) is 1. The van der Waals surface area contributed by atoms with Crippen molar-refractivity contribution in [2.75, 3.05) is 5.32 Å². The lowest BCUT2D eigenvalue weighted by Gasteiger charge is -2.09. The fraction of sp³-hybridized carbons (Fsp3) is 0. The Bertz CT molecular complexity index is 671. The van der Waals surface area contributed by atoms with Gasteiger partial charge in [0, 0.05) is 10.0 Å². The number of carbonyl (C=O) groups is 2. The molecular weight excluding hydrogens is 329 g/mol. The molecule has 2 aromatic carbocycles. The molecule has 0 atom stereocenters. The lowest BCUT2D eigenvalue weighted by molar-refractivity contribution is 0.0698. The third-order valence-electron chi connectivity index (χ3n) is 2.57. The van der Waals surface area contributed by atoms with Gasteiger partial charge in [-0.05, 0) is 42.5 Å². The van der Waals surface area contributed by atoms with E-state index in [1.54, 1.807) is 6.07 Å². The number of hydrogen-bond donors (Lipinski definition) is 2. The molecule has 0 fully saturated rings. The molecular formula is C14H9BrFNO3. The van der Waals surface area contributed by atoms with Gasteiger partial charge in [0.2, 0.25) is 0 Å². The second-order valence-corrected chi connectivity index (χ2v) is 4.87. The minimum atomic E-state index is -1.15. The van der Waals surface area contributed by atoms with Gasteiger partial charge in [-0.1, -0.05) is 15.9 Å². The van der Waals surface area contributed by atoms with Crippen LogP contribution in [-0.4, -0.2) is 17.0 Å². The van der Waals surface area contributed by atoms with Gasteiger partial charge in [-0.3, -0.25) is 4.79 Å². The summed E-state index contributed by atoms with van der Waals surface area (Å²) in [6, 6.07) is 9.41. The number of nitrogens with one attached hydrogen (secondary N) is 1. The largest absolute Gasteiger partial charge is 0.478 e. The maximum Gasteiger partial charge on any atom is 0.337 e. The highest BCUT2D eigenvalue weighted by atomic mass is 79.9. The topological polar surface area (TPSA) is 66.4 Å². The fourth-order valence-electron chi connectivity index (χ4n) is 1.60. The first-order chi connectivity index (χ1) is 9.47. The van der Waals surface area contributed by atoms with E-state index in [9.17, 15) is 14.0 Å². The van der Waals surface area contributed by atoms with Gasteiger partial charge in [-0.15, -0.1) is 0 Å². The molecule has 2 aromatic rings. The number of carbonyl (C=O) groups excluding carboxylic acids is 1. The SMILES string of the molecule is O=C(Nc1cc(Br)ccc1C(=O)O)c1ccc(F)cc1. The maximum atomic E-state index is 12.8. The van der Waals surface area contributed by atoms with Crippen molar-refractivity contribution in [3.63, 3.8) is 0 Å². The smallest absolute Gasteiger partial charge is 0.337 e. The van der Waals surface area contributed by atoms with Crippen LogP contribution in [0.4, 0.5) is 10.1 Å². The van der Waals surface area contributed by atoms with Crippen molar-refractivity contribution in [3.05, 3.63) is 63.9 Å². The molecule has 2 rings (SSSR count). The molecule has 1 amide bonds. The minimum absolute atomic E-state index is 0.0244. The second kappa shape index (κ2) is 5.83. The number of aromatic carboxylic acids is 1. The Morgan fingerprint density at radius 2 is 1.75 bits per heavy atom. The number of rotatable bonds is 3. The highest BCUT2D eigenvalue weighted by molar-refractivity contribution is 9.10. The molecule has 0 saturated heterocycles. The summed E-state index contributed by atoms with van der Waals surface area (Å²) in [4.78, 5) is 23.0. The maximum absolute atomic E-state index is 12.8. The van der Waals surface area contributed by atoms with E-state index in [1.807, 2.05) is 0 Å². The summed E-state index contributed by atoms with van der Waals surface area (Å²) in [6.45, 7) is 0. The van der Waals surface area contributed by atoms with E-state index in [0.717, 1.165) is 12.1 Å². The molecule has 0 unspecified atom stereocenters. The quantitative estimate of drug-likeness (QED) is 0.900. The fourth-order valence-corrected chi connectivity index (χ4v) is 1.96. The normalized spacial score (nSPS) is 10.1. The van der Waals surface area contributed by atoms with Crippen LogP contribution in [0.5, 0.6) is 0 Å². The standard InChI is InChI=1S/C14H9BrFNO3/c15-9-3-6-11(14(19)20)12(7-9)17-13(18)8-1-4-10(16)5-2-8/h1-7H,(H,17,18)(H,19,20). The van der Waals surface area contributed by atoms with E-state index in [-0.39, 0.29) is 16.8 Å². The molecule has 0 aliphatic heterocycles. The summed E-state index contributed by atoms with van der Waals surface area (Å²) < 4.78 is 13.4. The molecule has 0 aliphatic carbocycles. The van der Waals surface area contributed by atoms with Gasteiger partial charge in [0.15, 0.2) is 0 Å². The van der Waals surface area contributed by atoms with Crippen molar-refractivity contribution in [1.82, 2.24) is 0 Å². The summed E-state index contributed by atoms with van der Waals surface area (Å²) in [5.74, 6) is -2.10. The Morgan fingerprint density at radius 1 is 1.10 bits per heavy atom. The van der Waals surface area contributed by atoms with Crippen molar-refractivity contribution in [3.8, 4) is 0 Å². The first kappa shape index (κ1) is 14.2. The zero-order chi connectivity index (χ0) is 14.7. The Labute approximate surface area is 122 Å². The van der Waals surface area contributed by atoms with Crippen molar-refractivity contribution >= 4 is 33.5 Å². The highest BCUT2D eigenvalue weighted by Gasteiger charge is 2.14. The van der Waals surface area contributed by atoms with Crippen LogP contribution in [0.2, 0.25) is 0 Å². The molecule has 0 aliphatic rings. The first-order valence-electron chi connectivity index (χ1n) is 5.57. The average Bonchev–Trinajstić information content (AvgIpc) is 2.39. The van der Waals surface area contributed by atoms with Gasteiger partial charge in [0.1, 0.15) is 5.82 Å². The van der Waals surface area contributed by atoms with Crippen molar-refractivity contribution < 1.29 is 19.1 Å². The summed E-state index contributed by atoms with van der Waals surface area (Å²) in [5, 5.41) is 11.6. The molecule has 0 aromatic heterocycles. The van der Waals surface area contributed by atoms with Crippen LogP contribution in [0.15, 0.2) is 46.9 Å². The summed E-state index contributed by atoms with van der Waals surface area (Å²) in [7, 11) is 0. The predicted octanol–water partition coefficient (Wildman–Crippen LogP) is 3.54. The van der Waals surface area contributed by atoms with E-state index >= 15 is 0 Å². The third-order valence-corrected chi connectivity index (χ3v) is 3.06. The van der Waals surface area contributed by atoms with Crippen LogP contribution in [0.25, 0.3) is 0 Å². The minimum Gasteiger partial charge on any atom is -0.478 e. The van der Waals surface area contributed by atoms with Crippen LogP contribution in [0.1, 0.15) is 20.7 Å². The van der Waals surface area contributed by atoms with Crippen LogP contribution in [-0.2, 0) is 0 Å². The van der Waals surface area contributed by atoms with E-state index < -0.39 is 17.7 Å². The number of benzene rings is 2. The second-order valence-electron chi connectivity index (χ2n) is 3.96. The first-order valence-corrected chi connectivity index (χ1v) is 6.36. The third kappa shape index (κ3) is 3.21. The Morgan fingerprint density at radius 3 is 2.35 bits per heavy atom. The molecule has 2 N–H and O–H groups in total. The summed E-state index contributed by atoms with van der Waals surface area (Å²) in [6.07, 6.45) is 0. The van der Waals surface area contributed by atoms with Crippen molar-refractivity contribution in [2.45, 2.75) is 0 Å². The Balaban J connectivity index is 2.29. The Hall–Kier alpha value is -2.21. The lowest BCUT2D eigenvalue weighted by atomic mass is 10.1. The molecule has 20 heavy (non-hydrogen) atoms. The van der Waals surface area contributed by atoms with Crippen molar-refractivity contribution in [2.24, 2.45) is 0 Å². The molecule has 0 radical (unpaired) electrons. The van der Waals surface area contributed by atoms with Gasteiger partial charge in [-0.25, -0.2) is 9.18 Å². The molecule has 0 spiro atoms. The number of hydrogen-bond acceptors (Lipinski definition) is 2. The summed E-state index contributed by atoms with van der Waals surface area (Å²) >= 11 is 3.21. The Kier molecular flexibility index (Phi) is 4.14. The average molecular weight is 338 g/mol. The number of amides is 1. The van der Waals surface area contributed by atoms with Crippen LogP contribution < -0.4 is 5.32 Å². The van der Waals surface area contributed by atoms with Gasteiger partial charge in [-0.2, -0.15) is 0 Å². The number of halogens is 2. The number of carboxylic acids is 1. The lowest BCUT2D eigenvalue weighted by Crippen LogP contribution is -2.14. The highest BCUT2D eigenvalue weighted by Crippen LogP contribution is 2.22. The van der Waals surface area contributed by atoms with Crippen molar-refractivity contribution in [1.29, 1.82) is 0 Å². The van der Waals surface area contributed by atoms with E-state index in [2.05, 4.69) is 21.2 Å². The molecule has 0 bridgehead atoms. The van der Waals surface area contributed by atoms with Gasteiger partial charge < -0.3 is 10.4 Å². The molecule has 0 heterocycles. The zero-order valence-electron chi connectivity index (χ0n) is 10.1. The monoisotopic (exact) mass is 337 g/mol.